The van der Waals surface area contributed by atoms with Crippen LogP contribution in [0.3, 0.4) is 0 Å². The van der Waals surface area contributed by atoms with E-state index in [1.807, 2.05) is 25.1 Å². The van der Waals surface area contributed by atoms with Crippen molar-refractivity contribution in [3.05, 3.63) is 28.2 Å². The number of benzene rings is 1. The molecule has 2 N–H and O–H groups in total. The van der Waals surface area contributed by atoms with Gasteiger partial charge in [-0.2, -0.15) is 13.2 Å². The summed E-state index contributed by atoms with van der Waals surface area (Å²) in [6, 6.07) is 5.64. The summed E-state index contributed by atoms with van der Waals surface area (Å²) < 4.78 is 43.8. The van der Waals surface area contributed by atoms with Crippen LogP contribution in [0, 0.1) is 0 Å². The van der Waals surface area contributed by atoms with Gasteiger partial charge in [-0.05, 0) is 31.5 Å². The first-order valence-corrected chi connectivity index (χ1v) is 9.26. The smallest absolute Gasteiger partial charge is 0.401 e. The van der Waals surface area contributed by atoms with Crippen LogP contribution in [0.5, 0.6) is 5.75 Å². The van der Waals surface area contributed by atoms with Gasteiger partial charge in [0.15, 0.2) is 5.96 Å². The van der Waals surface area contributed by atoms with E-state index in [0.717, 1.165) is 15.8 Å². The van der Waals surface area contributed by atoms with Crippen molar-refractivity contribution in [1.29, 1.82) is 0 Å². The molecule has 1 aromatic carbocycles. The van der Waals surface area contributed by atoms with Gasteiger partial charge in [0.2, 0.25) is 0 Å². The van der Waals surface area contributed by atoms with E-state index >= 15 is 0 Å². The maximum Gasteiger partial charge on any atom is 0.401 e. The second-order valence-electron chi connectivity index (χ2n) is 6.13. The Balaban J connectivity index is 0.00000364. The van der Waals surface area contributed by atoms with Crippen molar-refractivity contribution in [2.24, 2.45) is 4.99 Å². The molecular weight excluding hydrogens is 540 g/mol. The normalized spacial score (nSPS) is 18.1. The van der Waals surface area contributed by atoms with Gasteiger partial charge in [-0.1, -0.05) is 15.9 Å². The lowest BCUT2D eigenvalue weighted by molar-refractivity contribution is -0.143. The molecule has 1 atom stereocenters. The van der Waals surface area contributed by atoms with Gasteiger partial charge in [-0.3, -0.25) is 4.90 Å². The molecule has 27 heavy (non-hydrogen) atoms. The molecule has 0 bridgehead atoms. The van der Waals surface area contributed by atoms with Gasteiger partial charge in [0.05, 0.1) is 20.2 Å². The lowest BCUT2D eigenvalue weighted by atomic mass is 10.2. The molecule has 2 rings (SSSR count). The van der Waals surface area contributed by atoms with Crippen LogP contribution in [0.15, 0.2) is 27.7 Å². The van der Waals surface area contributed by atoms with Crippen molar-refractivity contribution in [3.63, 3.8) is 0 Å². The quantitative estimate of drug-likeness (QED) is 0.314. The van der Waals surface area contributed by atoms with E-state index in [0.29, 0.717) is 38.6 Å². The van der Waals surface area contributed by atoms with Crippen LogP contribution < -0.4 is 15.4 Å². The monoisotopic (exact) mass is 564 g/mol. The maximum absolute atomic E-state index is 12.5. The van der Waals surface area contributed by atoms with E-state index in [1.165, 1.54) is 4.90 Å². The van der Waals surface area contributed by atoms with Crippen LogP contribution in [0.25, 0.3) is 0 Å². The number of hydrogen-bond acceptors (Lipinski definition) is 3. The maximum atomic E-state index is 12.5. The second-order valence-corrected chi connectivity index (χ2v) is 7.05. The number of hydrogen-bond donors (Lipinski definition) is 2. The number of likely N-dealkylation sites (tertiary alicyclic amines) is 1. The molecule has 10 heteroatoms. The Bertz CT molecular complexity index is 631. The first-order valence-electron chi connectivity index (χ1n) is 8.47. The Morgan fingerprint density at radius 1 is 1.41 bits per heavy atom. The van der Waals surface area contributed by atoms with Crippen LogP contribution in [0.4, 0.5) is 13.2 Å². The number of rotatable bonds is 6. The average molecular weight is 565 g/mol. The van der Waals surface area contributed by atoms with Crippen LogP contribution in [0.1, 0.15) is 18.9 Å². The predicted molar refractivity (Wildman–Crippen MR) is 115 cm³/mol. The van der Waals surface area contributed by atoms with Crippen molar-refractivity contribution in [2.75, 3.05) is 33.3 Å². The Kier molecular flexibility index (Phi) is 10.2. The van der Waals surface area contributed by atoms with Crippen molar-refractivity contribution >= 4 is 45.9 Å². The van der Waals surface area contributed by atoms with Gasteiger partial charge < -0.3 is 15.4 Å². The summed E-state index contributed by atoms with van der Waals surface area (Å²) >= 11 is 3.43. The Labute approximate surface area is 183 Å². The lowest BCUT2D eigenvalue weighted by Gasteiger charge is -2.20. The van der Waals surface area contributed by atoms with Gasteiger partial charge >= 0.3 is 6.18 Å². The third-order valence-electron chi connectivity index (χ3n) is 4.01. The standard InChI is InChI=1S/C17H24BrF3N4O.HI/c1-3-22-16(23-9-12-8-13(18)4-5-15(12)26-2)24-14-6-7-25(10-14)11-17(19,20)21;/h4-5,8,14H,3,6-7,9-11H2,1-2H3,(H2,22,23,24);1H. The third kappa shape index (κ3) is 8.43. The summed E-state index contributed by atoms with van der Waals surface area (Å²) in [4.78, 5) is 5.96. The summed E-state index contributed by atoms with van der Waals surface area (Å²) in [6.45, 7) is 2.92. The zero-order valence-electron chi connectivity index (χ0n) is 15.3. The van der Waals surface area contributed by atoms with Gasteiger partial charge in [-0.15, -0.1) is 24.0 Å². The fourth-order valence-electron chi connectivity index (χ4n) is 2.90. The molecule has 0 amide bonds. The molecule has 154 valence electrons. The number of halogens is 5. The minimum absolute atomic E-state index is 0. The second kappa shape index (κ2) is 11.3. The minimum atomic E-state index is -4.16. The minimum Gasteiger partial charge on any atom is -0.496 e. The fraction of sp³-hybridized carbons (Fsp3) is 0.588. The van der Waals surface area contributed by atoms with Crippen molar-refractivity contribution in [3.8, 4) is 5.75 Å². The molecule has 0 aliphatic carbocycles. The van der Waals surface area contributed by atoms with E-state index in [2.05, 4.69) is 31.6 Å². The molecule has 5 nitrogen and oxygen atoms in total. The van der Waals surface area contributed by atoms with E-state index in [-0.39, 0.29) is 30.0 Å². The van der Waals surface area contributed by atoms with Crippen LogP contribution >= 0.6 is 39.9 Å². The van der Waals surface area contributed by atoms with Gasteiger partial charge in [-0.25, -0.2) is 4.99 Å². The van der Waals surface area contributed by atoms with E-state index in [9.17, 15) is 13.2 Å². The molecule has 1 unspecified atom stereocenters. The van der Waals surface area contributed by atoms with Crippen LogP contribution in [-0.4, -0.2) is 56.4 Å². The summed E-state index contributed by atoms with van der Waals surface area (Å²) in [5.41, 5.74) is 0.921. The highest BCUT2D eigenvalue weighted by Crippen LogP contribution is 2.24. The number of aliphatic imine (C=N–C) groups is 1. The fourth-order valence-corrected chi connectivity index (χ4v) is 3.30. The summed E-state index contributed by atoms with van der Waals surface area (Å²) in [7, 11) is 1.60. The molecule has 0 spiro atoms. The van der Waals surface area contributed by atoms with Crippen molar-refractivity contribution in [1.82, 2.24) is 15.5 Å². The lowest BCUT2D eigenvalue weighted by Crippen LogP contribution is -2.45. The molecule has 1 aliphatic heterocycles. The average Bonchev–Trinajstić information content (AvgIpc) is 2.98. The molecule has 1 aliphatic rings. The molecular formula is C17H25BrF3IN4O. The highest BCUT2D eigenvalue weighted by atomic mass is 127. The molecule has 0 saturated carbocycles. The van der Waals surface area contributed by atoms with Crippen LogP contribution in [-0.2, 0) is 6.54 Å². The number of alkyl halides is 3. The first-order chi connectivity index (χ1) is 12.3. The number of guanidine groups is 1. The third-order valence-corrected chi connectivity index (χ3v) is 4.50. The van der Waals surface area contributed by atoms with E-state index < -0.39 is 12.7 Å². The van der Waals surface area contributed by atoms with Crippen molar-refractivity contribution in [2.45, 2.75) is 32.1 Å². The van der Waals surface area contributed by atoms with E-state index in [1.54, 1.807) is 7.11 Å². The number of nitrogens with zero attached hydrogens (tertiary/aromatic N) is 2. The Morgan fingerprint density at radius 2 is 2.15 bits per heavy atom. The van der Waals surface area contributed by atoms with Gasteiger partial charge in [0.25, 0.3) is 0 Å². The first kappa shape index (κ1) is 24.3. The van der Waals surface area contributed by atoms with Gasteiger partial charge in [0.1, 0.15) is 5.75 Å². The topological polar surface area (TPSA) is 48.9 Å². The predicted octanol–water partition coefficient (Wildman–Crippen LogP) is 3.77. The molecule has 1 aromatic rings. The highest BCUT2D eigenvalue weighted by molar-refractivity contribution is 14.0. The van der Waals surface area contributed by atoms with Crippen molar-refractivity contribution < 1.29 is 17.9 Å². The SMILES string of the molecule is CCNC(=NCc1cc(Br)ccc1OC)NC1CCN(CC(F)(F)F)C1.I. The Morgan fingerprint density at radius 3 is 2.78 bits per heavy atom. The molecule has 1 fully saturated rings. The number of nitrogens with one attached hydrogen (secondary N) is 2. The summed E-state index contributed by atoms with van der Waals surface area (Å²) in [6.07, 6.45) is -3.51. The number of methoxy groups -OCH3 is 1. The van der Waals surface area contributed by atoms with E-state index in [4.69, 9.17) is 4.74 Å². The largest absolute Gasteiger partial charge is 0.496 e. The molecule has 0 aromatic heterocycles. The Hall–Kier alpha value is -0.750. The highest BCUT2D eigenvalue weighted by Gasteiger charge is 2.34. The van der Waals surface area contributed by atoms with Crippen LogP contribution in [0.2, 0.25) is 0 Å². The summed E-state index contributed by atoms with van der Waals surface area (Å²) in [5.74, 6) is 1.33. The zero-order valence-corrected chi connectivity index (χ0v) is 19.2. The summed E-state index contributed by atoms with van der Waals surface area (Å²) in [5, 5.41) is 6.37. The molecule has 1 saturated heterocycles. The molecule has 1 heterocycles. The number of ether oxygens (including phenoxy) is 1. The van der Waals surface area contributed by atoms with Gasteiger partial charge in [0, 0.05) is 35.7 Å². The zero-order chi connectivity index (χ0) is 19.2. The molecule has 0 radical (unpaired) electrons.